The van der Waals surface area contributed by atoms with Gasteiger partial charge in [0, 0.05) is 24.0 Å². The van der Waals surface area contributed by atoms with Crippen LogP contribution in [0.15, 0.2) is 66.0 Å². The molecular weight excluding hydrogens is 460 g/mol. The summed E-state index contributed by atoms with van der Waals surface area (Å²) in [5, 5.41) is 8.06. The summed E-state index contributed by atoms with van der Waals surface area (Å²) in [6.07, 6.45) is 7.34. The van der Waals surface area contributed by atoms with Crippen LogP contribution >= 0.6 is 0 Å². The van der Waals surface area contributed by atoms with Gasteiger partial charge in [-0.3, -0.25) is 14.5 Å². The molecule has 0 radical (unpaired) electrons. The van der Waals surface area contributed by atoms with Gasteiger partial charge in [-0.25, -0.2) is 8.42 Å². The van der Waals surface area contributed by atoms with Crippen LogP contribution in [0.25, 0.3) is 10.9 Å². The second-order valence-corrected chi connectivity index (χ2v) is 11.9. The highest BCUT2D eigenvalue weighted by molar-refractivity contribution is 7.90. The molecule has 1 amide bonds. The largest absolute Gasteiger partial charge is 0.323 e. The van der Waals surface area contributed by atoms with E-state index in [0.29, 0.717) is 12.1 Å². The Balaban J connectivity index is 1.50. The first kappa shape index (κ1) is 24.6. The average Bonchev–Trinajstić information content (AvgIpc) is 3.24. The molecule has 2 heterocycles. The number of nitrogens with zero attached hydrogens (tertiary/aromatic N) is 3. The normalized spacial score (nSPS) is 12.1. The molecule has 0 unspecified atom stereocenters. The van der Waals surface area contributed by atoms with Gasteiger partial charge in [-0.1, -0.05) is 18.2 Å². The maximum absolute atomic E-state index is 12.6. The summed E-state index contributed by atoms with van der Waals surface area (Å²) >= 11 is 0. The number of pyridine rings is 1. The maximum atomic E-state index is 12.6. The number of anilines is 1. The fourth-order valence-corrected chi connectivity index (χ4v) is 4.63. The number of hydrogen-bond acceptors (Lipinski definition) is 5. The zero-order valence-corrected chi connectivity index (χ0v) is 21.5. The van der Waals surface area contributed by atoms with Crippen molar-refractivity contribution in [1.29, 1.82) is 0 Å². The van der Waals surface area contributed by atoms with E-state index >= 15 is 0 Å². The van der Waals surface area contributed by atoms with E-state index in [9.17, 15) is 13.2 Å². The van der Waals surface area contributed by atoms with Crippen LogP contribution < -0.4 is 5.32 Å². The number of fused-ring (bicyclic) bond motifs is 1. The Morgan fingerprint density at radius 2 is 1.83 bits per heavy atom. The lowest BCUT2D eigenvalue weighted by atomic mass is 9.96. The van der Waals surface area contributed by atoms with Crippen molar-refractivity contribution in [2.75, 3.05) is 11.6 Å². The van der Waals surface area contributed by atoms with Crippen molar-refractivity contribution in [2.45, 2.75) is 51.0 Å². The van der Waals surface area contributed by atoms with E-state index in [4.69, 9.17) is 0 Å². The van der Waals surface area contributed by atoms with Crippen LogP contribution in [-0.4, -0.2) is 35.3 Å². The highest BCUT2D eigenvalue weighted by atomic mass is 32.2. The molecule has 0 aliphatic carbocycles. The second-order valence-electron chi connectivity index (χ2n) is 9.93. The van der Waals surface area contributed by atoms with E-state index in [-0.39, 0.29) is 22.8 Å². The summed E-state index contributed by atoms with van der Waals surface area (Å²) < 4.78 is 25.9. The standard InChI is InChI=1S/C27H30N4O3S/c1-18-12-19(13-26(32)30-22-16-29-31(17-22)27(2,3)4)6-7-20(18)14-21-10-11-28-25-9-8-23(15-24(21)25)35(5,33)34/h6-12,15-17H,13-14H2,1-5H3,(H,30,32). The molecule has 0 bridgehead atoms. The number of benzene rings is 2. The molecule has 2 aromatic carbocycles. The molecular formula is C27H30N4O3S. The molecule has 0 aliphatic rings. The van der Waals surface area contributed by atoms with Crippen molar-refractivity contribution >= 4 is 32.3 Å². The summed E-state index contributed by atoms with van der Waals surface area (Å²) in [6, 6.07) is 13.0. The Bertz CT molecular complexity index is 1520. The molecule has 2 aromatic heterocycles. The molecule has 0 saturated heterocycles. The van der Waals surface area contributed by atoms with Crippen molar-refractivity contribution in [3.05, 3.63) is 83.3 Å². The van der Waals surface area contributed by atoms with Crippen LogP contribution in [0.1, 0.15) is 43.0 Å². The zero-order valence-electron chi connectivity index (χ0n) is 20.7. The van der Waals surface area contributed by atoms with Gasteiger partial charge in [0.25, 0.3) is 0 Å². The monoisotopic (exact) mass is 490 g/mol. The molecule has 8 heteroatoms. The summed E-state index contributed by atoms with van der Waals surface area (Å²) in [5.41, 5.74) is 5.39. The summed E-state index contributed by atoms with van der Waals surface area (Å²) in [6.45, 7) is 8.18. The summed E-state index contributed by atoms with van der Waals surface area (Å²) in [4.78, 5) is 17.2. The van der Waals surface area contributed by atoms with Crippen LogP contribution in [0.3, 0.4) is 0 Å². The van der Waals surface area contributed by atoms with Gasteiger partial charge in [0.2, 0.25) is 5.91 Å². The Morgan fingerprint density at radius 1 is 1.06 bits per heavy atom. The minimum atomic E-state index is -3.31. The quantitative estimate of drug-likeness (QED) is 0.424. The van der Waals surface area contributed by atoms with Gasteiger partial charge in [-0.2, -0.15) is 5.10 Å². The summed E-state index contributed by atoms with van der Waals surface area (Å²) in [7, 11) is -3.31. The van der Waals surface area contributed by atoms with Crippen LogP contribution in [-0.2, 0) is 33.0 Å². The van der Waals surface area contributed by atoms with Gasteiger partial charge in [-0.05, 0) is 80.6 Å². The van der Waals surface area contributed by atoms with Gasteiger partial charge in [-0.15, -0.1) is 0 Å². The molecule has 0 aliphatic heterocycles. The lowest BCUT2D eigenvalue weighted by Gasteiger charge is -2.18. The predicted octanol–water partition coefficient (Wildman–Crippen LogP) is 4.67. The van der Waals surface area contributed by atoms with Crippen molar-refractivity contribution < 1.29 is 13.2 Å². The van der Waals surface area contributed by atoms with E-state index in [2.05, 4.69) is 36.2 Å². The molecule has 0 fully saturated rings. The molecule has 0 saturated carbocycles. The summed E-state index contributed by atoms with van der Waals surface area (Å²) in [5.74, 6) is -0.0981. The topological polar surface area (TPSA) is 93.9 Å². The van der Waals surface area contributed by atoms with Crippen molar-refractivity contribution in [1.82, 2.24) is 14.8 Å². The van der Waals surface area contributed by atoms with Crippen LogP contribution in [0.4, 0.5) is 5.69 Å². The number of carbonyl (C=O) groups is 1. The fraction of sp³-hybridized carbons (Fsp3) is 0.296. The Hall–Kier alpha value is -3.52. The Labute approximate surface area is 206 Å². The zero-order chi connectivity index (χ0) is 25.4. The Morgan fingerprint density at radius 3 is 2.49 bits per heavy atom. The Kier molecular flexibility index (Phi) is 6.51. The highest BCUT2D eigenvalue weighted by Gasteiger charge is 2.15. The van der Waals surface area contributed by atoms with E-state index in [0.717, 1.165) is 33.2 Å². The second kappa shape index (κ2) is 9.26. The molecule has 35 heavy (non-hydrogen) atoms. The minimum absolute atomic E-state index is 0.0981. The van der Waals surface area contributed by atoms with Gasteiger partial charge < -0.3 is 5.32 Å². The molecule has 4 rings (SSSR count). The van der Waals surface area contributed by atoms with E-state index in [1.807, 2.05) is 42.1 Å². The first-order valence-corrected chi connectivity index (χ1v) is 13.3. The number of carbonyl (C=O) groups excluding carboxylic acids is 1. The van der Waals surface area contributed by atoms with Crippen molar-refractivity contribution in [3.8, 4) is 0 Å². The van der Waals surface area contributed by atoms with E-state index in [1.165, 1.54) is 6.26 Å². The van der Waals surface area contributed by atoms with E-state index in [1.54, 1.807) is 30.6 Å². The third-order valence-electron chi connectivity index (χ3n) is 5.94. The smallest absolute Gasteiger partial charge is 0.228 e. The lowest BCUT2D eigenvalue weighted by Crippen LogP contribution is -2.22. The van der Waals surface area contributed by atoms with Crippen LogP contribution in [0.2, 0.25) is 0 Å². The average molecular weight is 491 g/mol. The van der Waals surface area contributed by atoms with Gasteiger partial charge in [0.15, 0.2) is 9.84 Å². The first-order valence-electron chi connectivity index (χ1n) is 11.4. The van der Waals surface area contributed by atoms with E-state index < -0.39 is 9.84 Å². The number of aryl methyl sites for hydroxylation is 1. The van der Waals surface area contributed by atoms with Crippen molar-refractivity contribution in [2.24, 2.45) is 0 Å². The third kappa shape index (κ3) is 5.77. The highest BCUT2D eigenvalue weighted by Crippen LogP contribution is 2.25. The molecule has 1 N–H and O–H groups in total. The first-order chi connectivity index (χ1) is 16.4. The van der Waals surface area contributed by atoms with Gasteiger partial charge >= 0.3 is 0 Å². The SMILES string of the molecule is Cc1cc(CC(=O)Nc2cnn(C(C)(C)C)c2)ccc1Cc1ccnc2ccc(S(C)(=O)=O)cc12. The molecule has 182 valence electrons. The number of sulfone groups is 1. The lowest BCUT2D eigenvalue weighted by molar-refractivity contribution is -0.115. The minimum Gasteiger partial charge on any atom is -0.323 e. The van der Waals surface area contributed by atoms with Gasteiger partial charge in [0.1, 0.15) is 0 Å². The van der Waals surface area contributed by atoms with Crippen LogP contribution in [0, 0.1) is 6.92 Å². The molecule has 0 atom stereocenters. The maximum Gasteiger partial charge on any atom is 0.228 e. The third-order valence-corrected chi connectivity index (χ3v) is 7.05. The number of aromatic nitrogens is 3. The van der Waals surface area contributed by atoms with Crippen LogP contribution in [0.5, 0.6) is 0 Å². The number of rotatable bonds is 6. The molecule has 0 spiro atoms. The number of hydrogen-bond donors (Lipinski definition) is 1. The number of nitrogens with one attached hydrogen (secondary N) is 1. The fourth-order valence-electron chi connectivity index (χ4n) is 3.98. The number of amides is 1. The molecule has 4 aromatic rings. The predicted molar refractivity (Wildman–Crippen MR) is 138 cm³/mol. The molecule has 7 nitrogen and oxygen atoms in total. The van der Waals surface area contributed by atoms with Crippen molar-refractivity contribution in [3.63, 3.8) is 0 Å². The van der Waals surface area contributed by atoms with Gasteiger partial charge in [0.05, 0.1) is 34.3 Å².